The average molecular weight is 198 g/mol. The van der Waals surface area contributed by atoms with Gasteiger partial charge < -0.3 is 10.6 Å². The summed E-state index contributed by atoms with van der Waals surface area (Å²) in [6, 6.07) is 0.327. The van der Waals surface area contributed by atoms with Crippen LogP contribution in [0.15, 0.2) is 12.3 Å². The number of carbonyl (C=O) groups excluding carboxylic acids is 1. The molecule has 1 unspecified atom stereocenters. The topological polar surface area (TPSA) is 41.1 Å². The summed E-state index contributed by atoms with van der Waals surface area (Å²) in [6.45, 7) is 13.6. The first-order chi connectivity index (χ1) is 6.34. The Kier molecular flexibility index (Phi) is 5.28. The van der Waals surface area contributed by atoms with Crippen LogP contribution >= 0.6 is 0 Å². The third-order valence-electron chi connectivity index (χ3n) is 1.88. The Morgan fingerprint density at radius 1 is 1.07 bits per heavy atom. The Hall–Kier alpha value is -0.990. The molecular weight excluding hydrogens is 176 g/mol. The molecule has 3 nitrogen and oxygen atoms in total. The molecule has 0 rings (SSSR count). The molecule has 0 aliphatic heterocycles. The Labute approximate surface area is 87.0 Å². The second-order valence-corrected chi connectivity index (χ2v) is 4.21. The molecule has 0 radical (unpaired) electrons. The van der Waals surface area contributed by atoms with Crippen molar-refractivity contribution in [2.45, 2.75) is 46.7 Å². The quantitative estimate of drug-likeness (QED) is 0.705. The molecule has 0 bridgehead atoms. The van der Waals surface area contributed by atoms with Crippen LogP contribution in [0, 0.1) is 5.92 Å². The largest absolute Gasteiger partial charge is 0.385 e. The molecule has 0 spiro atoms. The lowest BCUT2D eigenvalue weighted by molar-refractivity contribution is -0.124. The molecule has 82 valence electrons. The summed E-state index contributed by atoms with van der Waals surface area (Å²) in [5, 5.41) is 6.06. The Morgan fingerprint density at radius 2 is 1.57 bits per heavy atom. The van der Waals surface area contributed by atoms with Gasteiger partial charge in [-0.2, -0.15) is 0 Å². The second-order valence-electron chi connectivity index (χ2n) is 4.21. The lowest BCUT2D eigenvalue weighted by Gasteiger charge is -2.21. The number of nitrogens with one attached hydrogen (secondary N) is 2. The highest BCUT2D eigenvalue weighted by molar-refractivity contribution is 5.78. The fourth-order valence-electron chi connectivity index (χ4n) is 0.963. The van der Waals surface area contributed by atoms with Crippen molar-refractivity contribution in [3.8, 4) is 0 Å². The van der Waals surface area contributed by atoms with E-state index in [1.54, 1.807) is 0 Å². The van der Waals surface area contributed by atoms with E-state index in [1.807, 2.05) is 34.6 Å². The van der Waals surface area contributed by atoms with Crippen molar-refractivity contribution in [1.82, 2.24) is 10.6 Å². The minimum absolute atomic E-state index is 0.0179. The van der Waals surface area contributed by atoms with Crippen LogP contribution in [0.2, 0.25) is 0 Å². The number of rotatable bonds is 5. The van der Waals surface area contributed by atoms with Crippen LogP contribution in [0.25, 0.3) is 0 Å². The molecule has 0 saturated carbocycles. The fraction of sp³-hybridized carbons (Fsp3) is 0.727. The molecule has 0 heterocycles. The van der Waals surface area contributed by atoms with Gasteiger partial charge >= 0.3 is 0 Å². The molecule has 3 heteroatoms. The van der Waals surface area contributed by atoms with Crippen molar-refractivity contribution < 1.29 is 4.79 Å². The smallest absolute Gasteiger partial charge is 0.223 e. The van der Waals surface area contributed by atoms with E-state index in [4.69, 9.17) is 0 Å². The molecule has 1 atom stereocenters. The average Bonchev–Trinajstić information content (AvgIpc) is 2.02. The molecule has 14 heavy (non-hydrogen) atoms. The number of hydrogen-bond acceptors (Lipinski definition) is 2. The predicted molar refractivity (Wildman–Crippen MR) is 59.9 cm³/mol. The van der Waals surface area contributed by atoms with E-state index < -0.39 is 0 Å². The van der Waals surface area contributed by atoms with Gasteiger partial charge in [-0.15, -0.1) is 0 Å². The van der Waals surface area contributed by atoms with E-state index in [0.29, 0.717) is 6.04 Å². The van der Waals surface area contributed by atoms with Gasteiger partial charge in [0.1, 0.15) is 0 Å². The number of hydrogen-bond donors (Lipinski definition) is 2. The van der Waals surface area contributed by atoms with E-state index in [-0.39, 0.29) is 17.9 Å². The molecule has 0 aliphatic carbocycles. The molecule has 0 fully saturated rings. The Bertz CT molecular complexity index is 209. The van der Waals surface area contributed by atoms with Crippen molar-refractivity contribution in [2.75, 3.05) is 0 Å². The first-order valence-electron chi connectivity index (χ1n) is 5.10. The van der Waals surface area contributed by atoms with Crippen molar-refractivity contribution >= 4 is 5.91 Å². The van der Waals surface area contributed by atoms with E-state index in [2.05, 4.69) is 17.2 Å². The highest BCUT2D eigenvalue weighted by atomic mass is 16.1. The molecule has 0 aromatic rings. The molecule has 1 amide bonds. The summed E-state index contributed by atoms with van der Waals surface area (Å²) in [5.41, 5.74) is 0.856. The van der Waals surface area contributed by atoms with Crippen LogP contribution in [-0.4, -0.2) is 18.0 Å². The summed E-state index contributed by atoms with van der Waals surface area (Å²) in [7, 11) is 0. The van der Waals surface area contributed by atoms with Crippen LogP contribution in [0.3, 0.4) is 0 Å². The minimum atomic E-state index is -0.0210. The van der Waals surface area contributed by atoms with Crippen molar-refractivity contribution in [3.05, 3.63) is 12.3 Å². The maximum atomic E-state index is 11.4. The molecule has 2 N–H and O–H groups in total. The van der Waals surface area contributed by atoms with E-state index in [0.717, 1.165) is 5.70 Å². The van der Waals surface area contributed by atoms with Gasteiger partial charge in [0.15, 0.2) is 0 Å². The van der Waals surface area contributed by atoms with E-state index in [1.165, 1.54) is 0 Å². The zero-order valence-electron chi connectivity index (χ0n) is 9.85. The predicted octanol–water partition coefficient (Wildman–Crippen LogP) is 1.66. The SMILES string of the molecule is C=C(NC(C)C)C(C)NC(=O)C(C)C. The van der Waals surface area contributed by atoms with Crippen molar-refractivity contribution in [1.29, 1.82) is 0 Å². The van der Waals surface area contributed by atoms with Gasteiger partial charge in [0.25, 0.3) is 0 Å². The van der Waals surface area contributed by atoms with Crippen molar-refractivity contribution in [3.63, 3.8) is 0 Å². The zero-order valence-corrected chi connectivity index (χ0v) is 9.85. The summed E-state index contributed by atoms with van der Waals surface area (Å²) in [5.74, 6) is 0.0773. The highest BCUT2D eigenvalue weighted by Crippen LogP contribution is 1.99. The lowest BCUT2D eigenvalue weighted by Crippen LogP contribution is -2.41. The van der Waals surface area contributed by atoms with Gasteiger partial charge in [0, 0.05) is 17.7 Å². The third-order valence-corrected chi connectivity index (χ3v) is 1.88. The van der Waals surface area contributed by atoms with Crippen LogP contribution in [-0.2, 0) is 4.79 Å². The normalized spacial score (nSPS) is 12.8. The Balaban J connectivity index is 4.01. The summed E-state index contributed by atoms with van der Waals surface area (Å²) < 4.78 is 0. The van der Waals surface area contributed by atoms with Crippen LogP contribution < -0.4 is 10.6 Å². The zero-order chi connectivity index (χ0) is 11.3. The van der Waals surface area contributed by atoms with Gasteiger partial charge in [-0.05, 0) is 20.8 Å². The summed E-state index contributed by atoms with van der Waals surface area (Å²) in [4.78, 5) is 11.4. The third kappa shape index (κ3) is 4.90. The minimum Gasteiger partial charge on any atom is -0.385 e. The standard InChI is InChI=1S/C11H22N2O/c1-7(2)11(14)13-10(6)9(5)12-8(3)4/h7-8,10,12H,5H2,1-4,6H3,(H,13,14). The summed E-state index contributed by atoms with van der Waals surface area (Å²) >= 11 is 0. The number of amides is 1. The van der Waals surface area contributed by atoms with E-state index in [9.17, 15) is 4.79 Å². The fourth-order valence-corrected chi connectivity index (χ4v) is 0.963. The van der Waals surface area contributed by atoms with Crippen LogP contribution in [0.4, 0.5) is 0 Å². The van der Waals surface area contributed by atoms with Gasteiger partial charge in [0.05, 0.1) is 6.04 Å². The molecule has 0 aromatic heterocycles. The monoisotopic (exact) mass is 198 g/mol. The number of carbonyl (C=O) groups is 1. The summed E-state index contributed by atoms with van der Waals surface area (Å²) in [6.07, 6.45) is 0. The first kappa shape index (κ1) is 13.0. The maximum absolute atomic E-state index is 11.4. The molecule has 0 aromatic carbocycles. The molecule has 0 saturated heterocycles. The van der Waals surface area contributed by atoms with E-state index >= 15 is 0 Å². The highest BCUT2D eigenvalue weighted by Gasteiger charge is 2.13. The van der Waals surface area contributed by atoms with Crippen LogP contribution in [0.5, 0.6) is 0 Å². The van der Waals surface area contributed by atoms with Crippen LogP contribution in [0.1, 0.15) is 34.6 Å². The van der Waals surface area contributed by atoms with Gasteiger partial charge in [-0.1, -0.05) is 20.4 Å². The van der Waals surface area contributed by atoms with Gasteiger partial charge in [-0.3, -0.25) is 4.79 Å². The molecule has 0 aliphatic rings. The van der Waals surface area contributed by atoms with Crippen molar-refractivity contribution in [2.24, 2.45) is 5.92 Å². The Morgan fingerprint density at radius 3 is 1.93 bits per heavy atom. The lowest BCUT2D eigenvalue weighted by atomic mass is 10.1. The maximum Gasteiger partial charge on any atom is 0.223 e. The second kappa shape index (κ2) is 5.68. The van der Waals surface area contributed by atoms with Gasteiger partial charge in [0.2, 0.25) is 5.91 Å². The first-order valence-corrected chi connectivity index (χ1v) is 5.10. The molecular formula is C11H22N2O. The van der Waals surface area contributed by atoms with Gasteiger partial charge in [-0.25, -0.2) is 0 Å².